The number of nitro benzene ring substituents is 1. The number of hydrogen-bond acceptors (Lipinski definition) is 6. The van der Waals surface area contributed by atoms with Gasteiger partial charge in [-0.15, -0.1) is 0 Å². The van der Waals surface area contributed by atoms with E-state index >= 15 is 0 Å². The Morgan fingerprint density at radius 1 is 1.40 bits per heavy atom. The maximum atomic E-state index is 10.3. The Morgan fingerprint density at radius 3 is 2.60 bits per heavy atom. The molecule has 0 bridgehead atoms. The van der Waals surface area contributed by atoms with Gasteiger partial charge >= 0.3 is 0 Å². The highest BCUT2D eigenvalue weighted by Gasteiger charge is 2.06. The summed E-state index contributed by atoms with van der Waals surface area (Å²) >= 11 is 0. The van der Waals surface area contributed by atoms with Gasteiger partial charge in [-0.05, 0) is 5.56 Å². The molecule has 0 amide bonds. The minimum absolute atomic E-state index is 0.195. The molecule has 7 nitrogen and oxygen atoms in total. The van der Waals surface area contributed by atoms with Gasteiger partial charge in [0.2, 0.25) is 10.4 Å². The van der Waals surface area contributed by atoms with Crippen molar-refractivity contribution in [1.29, 1.82) is 0 Å². The van der Waals surface area contributed by atoms with Crippen LogP contribution in [0.15, 0.2) is 24.3 Å². The number of rotatable bonds is 4. The van der Waals surface area contributed by atoms with E-state index in [1.54, 1.807) is 0 Å². The summed E-state index contributed by atoms with van der Waals surface area (Å²) in [6.07, 6.45) is 0. The SMILES string of the molecule is O=[N+]([O-])c1cccc(COS(=O)(=O)[O-])c1. The quantitative estimate of drug-likeness (QED) is 0.325. The molecule has 0 aliphatic heterocycles. The molecular formula is C7H6NO6S-. The average molecular weight is 232 g/mol. The van der Waals surface area contributed by atoms with Crippen LogP contribution >= 0.6 is 0 Å². The molecule has 15 heavy (non-hydrogen) atoms. The highest BCUT2D eigenvalue weighted by Crippen LogP contribution is 2.14. The number of nitro groups is 1. The molecule has 1 aromatic carbocycles. The van der Waals surface area contributed by atoms with Crippen LogP contribution in [0.1, 0.15) is 5.56 Å². The van der Waals surface area contributed by atoms with Crippen molar-refractivity contribution in [2.45, 2.75) is 6.61 Å². The second-order valence-corrected chi connectivity index (χ2v) is 3.65. The number of nitrogens with zero attached hydrogens (tertiary/aromatic N) is 1. The van der Waals surface area contributed by atoms with Crippen LogP contribution in [-0.4, -0.2) is 17.9 Å². The molecule has 0 atom stereocenters. The van der Waals surface area contributed by atoms with Gasteiger partial charge in [-0.2, -0.15) is 0 Å². The maximum absolute atomic E-state index is 10.3. The molecule has 0 saturated carbocycles. The van der Waals surface area contributed by atoms with Crippen LogP contribution in [0.2, 0.25) is 0 Å². The monoisotopic (exact) mass is 232 g/mol. The first-order valence-corrected chi connectivity index (χ1v) is 5.05. The van der Waals surface area contributed by atoms with Crippen LogP contribution in [-0.2, 0) is 21.2 Å². The van der Waals surface area contributed by atoms with Gasteiger partial charge in [0.1, 0.15) is 0 Å². The van der Waals surface area contributed by atoms with Gasteiger partial charge < -0.3 is 4.55 Å². The molecule has 0 aliphatic rings. The third kappa shape index (κ3) is 4.02. The molecule has 0 fully saturated rings. The van der Waals surface area contributed by atoms with Gasteiger partial charge in [0.25, 0.3) is 5.69 Å². The van der Waals surface area contributed by atoms with Gasteiger partial charge in [-0.3, -0.25) is 14.3 Å². The lowest BCUT2D eigenvalue weighted by Crippen LogP contribution is -2.04. The molecule has 1 aromatic rings. The van der Waals surface area contributed by atoms with Gasteiger partial charge in [-0.25, -0.2) is 8.42 Å². The van der Waals surface area contributed by atoms with E-state index in [0.29, 0.717) is 0 Å². The molecule has 0 saturated heterocycles. The zero-order valence-electron chi connectivity index (χ0n) is 7.32. The summed E-state index contributed by atoms with van der Waals surface area (Å²) in [5, 5.41) is 10.3. The molecule has 0 radical (unpaired) electrons. The highest BCUT2D eigenvalue weighted by molar-refractivity contribution is 7.80. The molecular weight excluding hydrogens is 226 g/mol. The predicted octanol–water partition coefficient (Wildman–Crippen LogP) is 0.572. The van der Waals surface area contributed by atoms with E-state index in [4.69, 9.17) is 0 Å². The Hall–Kier alpha value is -1.51. The van der Waals surface area contributed by atoms with Gasteiger partial charge in [0.15, 0.2) is 0 Å². The molecule has 0 heterocycles. The fourth-order valence-electron chi connectivity index (χ4n) is 0.900. The van der Waals surface area contributed by atoms with Gasteiger partial charge in [0.05, 0.1) is 11.5 Å². The summed E-state index contributed by atoms with van der Waals surface area (Å²) in [4.78, 5) is 9.71. The summed E-state index contributed by atoms with van der Waals surface area (Å²) in [6.45, 7) is -0.506. The fourth-order valence-corrected chi connectivity index (χ4v) is 1.18. The zero-order valence-corrected chi connectivity index (χ0v) is 8.14. The molecule has 0 unspecified atom stereocenters. The minimum Gasteiger partial charge on any atom is -0.726 e. The molecule has 0 N–H and O–H groups in total. The third-order valence-corrected chi connectivity index (χ3v) is 1.90. The number of non-ortho nitro benzene ring substituents is 1. The Balaban J connectivity index is 2.79. The van der Waals surface area contributed by atoms with E-state index in [1.807, 2.05) is 0 Å². The first-order chi connectivity index (χ1) is 6.88. The summed E-state index contributed by atoms with van der Waals surface area (Å²) in [6, 6.07) is 5.16. The lowest BCUT2D eigenvalue weighted by Gasteiger charge is -2.06. The fraction of sp³-hybridized carbons (Fsp3) is 0.143. The smallest absolute Gasteiger partial charge is 0.269 e. The van der Waals surface area contributed by atoms with Crippen molar-refractivity contribution >= 4 is 16.1 Å². The van der Waals surface area contributed by atoms with Crippen molar-refractivity contribution in [3.8, 4) is 0 Å². The van der Waals surface area contributed by atoms with E-state index in [2.05, 4.69) is 4.18 Å². The van der Waals surface area contributed by atoms with E-state index in [0.717, 1.165) is 6.07 Å². The molecule has 82 valence electrons. The summed E-state index contributed by atoms with van der Waals surface area (Å²) in [5.41, 5.74) is 0.0445. The normalized spacial score (nSPS) is 11.3. The zero-order chi connectivity index (χ0) is 11.5. The van der Waals surface area contributed by atoms with E-state index in [9.17, 15) is 23.1 Å². The van der Waals surface area contributed by atoms with E-state index in [1.165, 1.54) is 18.2 Å². The van der Waals surface area contributed by atoms with Crippen LogP contribution in [0.5, 0.6) is 0 Å². The summed E-state index contributed by atoms with van der Waals surface area (Å²) in [7, 11) is -4.78. The van der Waals surface area contributed by atoms with Crippen molar-refractivity contribution in [2.75, 3.05) is 0 Å². The van der Waals surface area contributed by atoms with Crippen LogP contribution in [0.25, 0.3) is 0 Å². The Labute approximate surface area is 85.4 Å². The summed E-state index contributed by atoms with van der Waals surface area (Å²) < 4.78 is 34.3. The molecule has 1 rings (SSSR count). The van der Waals surface area contributed by atoms with E-state index in [-0.39, 0.29) is 11.3 Å². The molecule has 0 spiro atoms. The Morgan fingerprint density at radius 2 is 2.07 bits per heavy atom. The first kappa shape index (κ1) is 11.6. The van der Waals surface area contributed by atoms with Crippen molar-refractivity contribution in [2.24, 2.45) is 0 Å². The average Bonchev–Trinajstić information content (AvgIpc) is 2.14. The van der Waals surface area contributed by atoms with Crippen molar-refractivity contribution in [1.82, 2.24) is 0 Å². The molecule has 8 heteroatoms. The first-order valence-electron chi connectivity index (χ1n) is 3.72. The predicted molar refractivity (Wildman–Crippen MR) is 47.6 cm³/mol. The molecule has 0 aromatic heterocycles. The Kier molecular flexibility index (Phi) is 3.35. The van der Waals surface area contributed by atoms with Crippen molar-refractivity contribution < 1.29 is 22.1 Å². The van der Waals surface area contributed by atoms with Crippen LogP contribution in [0.3, 0.4) is 0 Å². The largest absolute Gasteiger partial charge is 0.726 e. The number of benzene rings is 1. The topological polar surface area (TPSA) is 110 Å². The van der Waals surface area contributed by atoms with Gasteiger partial charge in [-0.1, -0.05) is 12.1 Å². The lowest BCUT2D eigenvalue weighted by atomic mass is 10.2. The van der Waals surface area contributed by atoms with Crippen LogP contribution in [0.4, 0.5) is 5.69 Å². The second kappa shape index (κ2) is 4.34. The molecule has 0 aliphatic carbocycles. The van der Waals surface area contributed by atoms with Crippen LogP contribution in [0, 0.1) is 10.1 Å². The van der Waals surface area contributed by atoms with E-state index < -0.39 is 21.9 Å². The standard InChI is InChI=1S/C7H7NO6S/c9-8(10)7-3-1-2-6(4-7)5-14-15(11,12)13/h1-4H,5H2,(H,11,12,13)/p-1. The third-order valence-electron chi connectivity index (χ3n) is 1.49. The highest BCUT2D eigenvalue weighted by atomic mass is 32.3. The second-order valence-electron chi connectivity index (χ2n) is 2.60. The number of hydrogen-bond donors (Lipinski definition) is 0. The summed E-state index contributed by atoms with van der Waals surface area (Å²) in [5.74, 6) is 0. The maximum Gasteiger partial charge on any atom is 0.269 e. The van der Waals surface area contributed by atoms with Crippen molar-refractivity contribution in [3.05, 3.63) is 39.9 Å². The van der Waals surface area contributed by atoms with Crippen molar-refractivity contribution in [3.63, 3.8) is 0 Å². The van der Waals surface area contributed by atoms with Crippen LogP contribution < -0.4 is 0 Å². The Bertz CT molecular complexity index is 468. The van der Waals surface area contributed by atoms with Gasteiger partial charge in [0, 0.05) is 12.1 Å². The minimum atomic E-state index is -4.78. The lowest BCUT2D eigenvalue weighted by molar-refractivity contribution is -0.384.